The molecule has 1 aromatic carbocycles. The molecule has 2 unspecified atom stereocenters. The zero-order valence-corrected chi connectivity index (χ0v) is 11.1. The number of ether oxygens (including phenoxy) is 2. The Morgan fingerprint density at radius 3 is 2.89 bits per heavy atom. The predicted octanol–water partition coefficient (Wildman–Crippen LogP) is 2.01. The molecule has 100 valence electrons. The first kappa shape index (κ1) is 13.3. The highest BCUT2D eigenvalue weighted by atomic mass is 16.5. The minimum Gasteiger partial charge on any atom is -0.491 e. The highest BCUT2D eigenvalue weighted by Gasteiger charge is 2.26. The predicted molar refractivity (Wildman–Crippen MR) is 71.2 cm³/mol. The first-order chi connectivity index (χ1) is 8.70. The van der Waals surface area contributed by atoms with Crippen molar-refractivity contribution in [3.8, 4) is 5.75 Å². The summed E-state index contributed by atoms with van der Waals surface area (Å²) in [4.78, 5) is 0. The van der Waals surface area contributed by atoms with Gasteiger partial charge in [-0.25, -0.2) is 0 Å². The molecule has 0 aromatic heterocycles. The Labute approximate surface area is 108 Å². The molecule has 18 heavy (non-hydrogen) atoms. The topological polar surface area (TPSA) is 56.5 Å². The smallest absolute Gasteiger partial charge is 0.120 e. The van der Waals surface area contributed by atoms with E-state index in [4.69, 9.17) is 15.3 Å². The van der Waals surface area contributed by atoms with Gasteiger partial charge in [0.05, 0.1) is 18.8 Å². The van der Waals surface area contributed by atoms with Gasteiger partial charge in [-0.3, -0.25) is 11.3 Å². The van der Waals surface area contributed by atoms with E-state index in [1.165, 1.54) is 0 Å². The van der Waals surface area contributed by atoms with E-state index in [1.54, 1.807) is 0 Å². The van der Waals surface area contributed by atoms with Crippen molar-refractivity contribution in [2.24, 2.45) is 11.8 Å². The molecule has 1 aromatic rings. The Morgan fingerprint density at radius 1 is 1.44 bits per heavy atom. The number of nitrogens with two attached hydrogens (primary N) is 1. The van der Waals surface area contributed by atoms with Gasteiger partial charge in [-0.15, -0.1) is 0 Å². The molecule has 1 fully saturated rings. The van der Waals surface area contributed by atoms with Crippen LogP contribution < -0.4 is 16.0 Å². The average Bonchev–Trinajstić information content (AvgIpc) is 2.83. The van der Waals surface area contributed by atoms with Gasteiger partial charge in [0.1, 0.15) is 5.75 Å². The van der Waals surface area contributed by atoms with Gasteiger partial charge in [0.15, 0.2) is 0 Å². The number of benzene rings is 1. The molecule has 1 aliphatic rings. The van der Waals surface area contributed by atoms with Crippen LogP contribution in [0.4, 0.5) is 0 Å². The second kappa shape index (κ2) is 6.18. The molecule has 1 saturated heterocycles. The molecule has 0 bridgehead atoms. The fraction of sp³-hybridized carbons (Fsp3) is 0.571. The van der Waals surface area contributed by atoms with Crippen LogP contribution in [-0.4, -0.2) is 19.3 Å². The number of rotatable bonds is 5. The van der Waals surface area contributed by atoms with Crippen LogP contribution >= 0.6 is 0 Å². The lowest BCUT2D eigenvalue weighted by Gasteiger charge is -2.22. The van der Waals surface area contributed by atoms with E-state index in [0.717, 1.165) is 30.9 Å². The Kier molecular flexibility index (Phi) is 4.58. The number of hydrazine groups is 1. The summed E-state index contributed by atoms with van der Waals surface area (Å²) in [6, 6.07) is 8.25. The van der Waals surface area contributed by atoms with Gasteiger partial charge >= 0.3 is 0 Å². The Hall–Kier alpha value is -1.10. The number of hydrogen-bond acceptors (Lipinski definition) is 4. The van der Waals surface area contributed by atoms with Crippen molar-refractivity contribution in [1.82, 2.24) is 5.43 Å². The molecule has 1 heterocycles. The molecule has 2 atom stereocenters. The van der Waals surface area contributed by atoms with Crippen molar-refractivity contribution in [2.45, 2.75) is 32.4 Å². The summed E-state index contributed by atoms with van der Waals surface area (Å²) in [5, 5.41) is 0. The minimum atomic E-state index is 0.128. The lowest BCUT2D eigenvalue weighted by Crippen LogP contribution is -2.33. The third-order valence-electron chi connectivity index (χ3n) is 3.20. The second-order valence-electron chi connectivity index (χ2n) is 5.01. The molecule has 0 radical (unpaired) electrons. The molecule has 0 aliphatic carbocycles. The van der Waals surface area contributed by atoms with E-state index in [0.29, 0.717) is 5.92 Å². The van der Waals surface area contributed by atoms with E-state index < -0.39 is 0 Å². The Morgan fingerprint density at radius 2 is 2.28 bits per heavy atom. The van der Waals surface area contributed by atoms with Gasteiger partial charge in [-0.05, 0) is 38.0 Å². The van der Waals surface area contributed by atoms with E-state index in [9.17, 15) is 0 Å². The van der Waals surface area contributed by atoms with Crippen molar-refractivity contribution in [3.05, 3.63) is 29.8 Å². The van der Waals surface area contributed by atoms with Crippen LogP contribution in [0, 0.1) is 5.92 Å². The summed E-state index contributed by atoms with van der Waals surface area (Å²) in [6.07, 6.45) is 1.23. The highest BCUT2D eigenvalue weighted by Crippen LogP contribution is 2.30. The van der Waals surface area contributed by atoms with Crippen molar-refractivity contribution in [2.75, 3.05) is 13.2 Å². The van der Waals surface area contributed by atoms with Crippen LogP contribution in [0.5, 0.6) is 5.75 Å². The molecule has 2 rings (SSSR count). The Bertz CT molecular complexity index is 376. The summed E-state index contributed by atoms with van der Waals surface area (Å²) in [5.74, 6) is 7.01. The van der Waals surface area contributed by atoms with E-state index in [2.05, 4.69) is 17.6 Å². The maximum atomic E-state index is 5.71. The van der Waals surface area contributed by atoms with Crippen molar-refractivity contribution in [3.63, 3.8) is 0 Å². The summed E-state index contributed by atoms with van der Waals surface area (Å²) >= 11 is 0. The minimum absolute atomic E-state index is 0.128. The lowest BCUT2D eigenvalue weighted by atomic mass is 9.93. The van der Waals surface area contributed by atoms with Gasteiger partial charge in [0.25, 0.3) is 0 Å². The standard InChI is InChI=1S/C14H22N2O2/c1-10(2)18-13-5-3-4-11(8-13)14(16-15)12-6-7-17-9-12/h3-5,8,10,12,14,16H,6-7,9,15H2,1-2H3. The highest BCUT2D eigenvalue weighted by molar-refractivity contribution is 5.31. The maximum absolute atomic E-state index is 5.71. The van der Waals surface area contributed by atoms with Gasteiger partial charge in [-0.1, -0.05) is 12.1 Å². The van der Waals surface area contributed by atoms with Crippen LogP contribution in [0.25, 0.3) is 0 Å². The quantitative estimate of drug-likeness (QED) is 0.620. The van der Waals surface area contributed by atoms with Crippen molar-refractivity contribution < 1.29 is 9.47 Å². The zero-order chi connectivity index (χ0) is 13.0. The number of nitrogens with one attached hydrogen (secondary N) is 1. The largest absolute Gasteiger partial charge is 0.491 e. The fourth-order valence-corrected chi connectivity index (χ4v) is 2.37. The summed E-state index contributed by atoms with van der Waals surface area (Å²) in [5.41, 5.74) is 4.06. The zero-order valence-electron chi connectivity index (χ0n) is 11.1. The van der Waals surface area contributed by atoms with Gasteiger partial charge < -0.3 is 9.47 Å². The monoisotopic (exact) mass is 250 g/mol. The third-order valence-corrected chi connectivity index (χ3v) is 3.20. The van der Waals surface area contributed by atoms with Gasteiger partial charge in [-0.2, -0.15) is 0 Å². The molecule has 3 N–H and O–H groups in total. The van der Waals surface area contributed by atoms with Crippen molar-refractivity contribution in [1.29, 1.82) is 0 Å². The van der Waals surface area contributed by atoms with Crippen LogP contribution in [0.1, 0.15) is 31.9 Å². The molecule has 1 aliphatic heterocycles. The SMILES string of the molecule is CC(C)Oc1cccc(C(NN)C2CCOC2)c1. The first-order valence-corrected chi connectivity index (χ1v) is 6.51. The van der Waals surface area contributed by atoms with Crippen LogP contribution in [0.3, 0.4) is 0 Å². The first-order valence-electron chi connectivity index (χ1n) is 6.51. The lowest BCUT2D eigenvalue weighted by molar-refractivity contribution is 0.176. The van der Waals surface area contributed by atoms with E-state index >= 15 is 0 Å². The van der Waals surface area contributed by atoms with Crippen molar-refractivity contribution >= 4 is 0 Å². The summed E-state index contributed by atoms with van der Waals surface area (Å²) in [6.45, 7) is 5.64. The third kappa shape index (κ3) is 3.22. The normalized spacial score (nSPS) is 21.2. The van der Waals surface area contributed by atoms with Crippen LogP contribution in [0.15, 0.2) is 24.3 Å². The molecular weight excluding hydrogens is 228 g/mol. The molecule has 4 heteroatoms. The molecular formula is C14H22N2O2. The van der Waals surface area contributed by atoms with E-state index in [-0.39, 0.29) is 12.1 Å². The van der Waals surface area contributed by atoms with Crippen LogP contribution in [0.2, 0.25) is 0 Å². The van der Waals surface area contributed by atoms with Gasteiger partial charge in [0.2, 0.25) is 0 Å². The summed E-state index contributed by atoms with van der Waals surface area (Å²) < 4.78 is 11.1. The Balaban J connectivity index is 2.14. The van der Waals surface area contributed by atoms with Crippen LogP contribution in [-0.2, 0) is 4.74 Å². The molecule has 0 saturated carbocycles. The summed E-state index contributed by atoms with van der Waals surface area (Å²) in [7, 11) is 0. The fourth-order valence-electron chi connectivity index (χ4n) is 2.37. The maximum Gasteiger partial charge on any atom is 0.120 e. The average molecular weight is 250 g/mol. The number of hydrogen-bond donors (Lipinski definition) is 2. The molecule has 0 amide bonds. The second-order valence-corrected chi connectivity index (χ2v) is 5.01. The molecule has 4 nitrogen and oxygen atoms in total. The molecule has 0 spiro atoms. The van der Waals surface area contributed by atoms with E-state index in [1.807, 2.05) is 26.0 Å². The van der Waals surface area contributed by atoms with Gasteiger partial charge in [0, 0.05) is 12.5 Å².